The van der Waals surface area contributed by atoms with Gasteiger partial charge in [0.1, 0.15) is 5.75 Å². The lowest BCUT2D eigenvalue weighted by molar-refractivity contribution is -0.130. The zero-order valence-corrected chi connectivity index (χ0v) is 27.0. The van der Waals surface area contributed by atoms with Gasteiger partial charge in [-0.05, 0) is 48.0 Å². The smallest absolute Gasteiger partial charge is 0.266 e. The van der Waals surface area contributed by atoms with E-state index in [2.05, 4.69) is 47.6 Å². The van der Waals surface area contributed by atoms with Crippen molar-refractivity contribution >= 4 is 43.7 Å². The standard InChI is InChI=1S/C32H36Br2N4O5/c33-25-10-6-23(7-11-25)22-32(31(40)37-35-14-15-38-16-20-41-21-17-38)29(27-4-1-2-5-28(27)34)43-30(36-32)24-8-12-26(13-9-24)42-19-3-18-39/h1-2,4-13,29,35,39H,3,14-22H2,(H,37,40)/t29-,32-/m0/s1. The van der Waals surface area contributed by atoms with E-state index in [-0.39, 0.29) is 12.5 Å². The van der Waals surface area contributed by atoms with Crippen molar-refractivity contribution in [2.24, 2.45) is 4.99 Å². The molecule has 1 saturated heterocycles. The molecule has 2 heterocycles. The molecule has 43 heavy (non-hydrogen) atoms. The molecular formula is C32H36Br2N4O5. The maximum absolute atomic E-state index is 14.3. The van der Waals surface area contributed by atoms with Crippen LogP contribution >= 0.6 is 31.9 Å². The fourth-order valence-electron chi connectivity index (χ4n) is 5.15. The number of carbonyl (C=O) groups is 1. The van der Waals surface area contributed by atoms with Crippen molar-refractivity contribution in [1.82, 2.24) is 15.8 Å². The Morgan fingerprint density at radius 2 is 1.79 bits per heavy atom. The maximum Gasteiger partial charge on any atom is 0.266 e. The van der Waals surface area contributed by atoms with Gasteiger partial charge in [0, 0.05) is 65.7 Å². The minimum Gasteiger partial charge on any atom is -0.494 e. The highest BCUT2D eigenvalue weighted by molar-refractivity contribution is 9.10. The van der Waals surface area contributed by atoms with Gasteiger partial charge in [-0.2, -0.15) is 0 Å². The summed E-state index contributed by atoms with van der Waals surface area (Å²) in [7, 11) is 0. The molecule has 3 N–H and O–H groups in total. The highest BCUT2D eigenvalue weighted by Crippen LogP contribution is 2.44. The summed E-state index contributed by atoms with van der Waals surface area (Å²) in [5.74, 6) is 0.779. The Hall–Kier alpha value is -2.80. The topological polar surface area (TPSA) is 105 Å². The number of nitrogens with zero attached hydrogens (tertiary/aromatic N) is 2. The van der Waals surface area contributed by atoms with Crippen molar-refractivity contribution in [2.75, 3.05) is 52.6 Å². The lowest BCUT2D eigenvalue weighted by Crippen LogP contribution is -2.55. The number of amides is 1. The molecule has 0 saturated carbocycles. The SMILES string of the molecule is O=C(NNCCN1CCOCC1)[C@@]1(Cc2ccc(Br)cc2)N=C(c2ccc(OCCCO)cc2)O[C@H]1c1ccccc1Br. The molecule has 0 aromatic heterocycles. The average Bonchev–Trinajstić information content (AvgIpc) is 3.41. The first kappa shape index (κ1) is 31.6. The molecule has 0 unspecified atom stereocenters. The lowest BCUT2D eigenvalue weighted by Gasteiger charge is -2.31. The van der Waals surface area contributed by atoms with E-state index in [9.17, 15) is 4.79 Å². The summed E-state index contributed by atoms with van der Waals surface area (Å²) in [6.07, 6.45) is 0.164. The molecule has 0 bridgehead atoms. The van der Waals surface area contributed by atoms with Gasteiger partial charge < -0.3 is 19.3 Å². The number of benzene rings is 3. The largest absolute Gasteiger partial charge is 0.494 e. The predicted molar refractivity (Wildman–Crippen MR) is 172 cm³/mol. The number of aliphatic imine (C=N–C) groups is 1. The number of nitrogens with one attached hydrogen (secondary N) is 2. The Bertz CT molecular complexity index is 1380. The van der Waals surface area contributed by atoms with Crippen molar-refractivity contribution in [3.63, 3.8) is 0 Å². The van der Waals surface area contributed by atoms with Crippen LogP contribution in [0.4, 0.5) is 0 Å². The Morgan fingerprint density at radius 3 is 2.51 bits per heavy atom. The first-order valence-corrected chi connectivity index (χ1v) is 16.0. The second-order valence-corrected chi connectivity index (χ2v) is 12.2. The number of morpholine rings is 1. The van der Waals surface area contributed by atoms with Gasteiger partial charge >= 0.3 is 0 Å². The number of carbonyl (C=O) groups excluding carboxylic acids is 1. The zero-order valence-electron chi connectivity index (χ0n) is 23.8. The van der Waals surface area contributed by atoms with Crippen molar-refractivity contribution in [1.29, 1.82) is 0 Å². The number of ether oxygens (including phenoxy) is 3. The highest BCUT2D eigenvalue weighted by atomic mass is 79.9. The number of rotatable bonds is 13. The van der Waals surface area contributed by atoms with Crippen LogP contribution in [0, 0.1) is 0 Å². The average molecular weight is 716 g/mol. The van der Waals surface area contributed by atoms with Crippen LogP contribution in [0.25, 0.3) is 0 Å². The van der Waals surface area contributed by atoms with Crippen LogP contribution in [0.5, 0.6) is 5.75 Å². The summed E-state index contributed by atoms with van der Waals surface area (Å²) >= 11 is 7.21. The minimum atomic E-state index is -1.31. The Kier molecular flexibility index (Phi) is 11.2. The van der Waals surface area contributed by atoms with Gasteiger partial charge in [0.15, 0.2) is 11.6 Å². The summed E-state index contributed by atoms with van der Waals surface area (Å²) in [5.41, 5.74) is 7.31. The molecule has 2 aliphatic heterocycles. The van der Waals surface area contributed by atoms with Crippen LogP contribution in [0.3, 0.4) is 0 Å². The number of aliphatic hydroxyl groups is 1. The number of halogens is 2. The summed E-state index contributed by atoms with van der Waals surface area (Å²) in [6.45, 7) is 5.06. The molecule has 1 amide bonds. The zero-order chi connectivity index (χ0) is 30.1. The van der Waals surface area contributed by atoms with Crippen LogP contribution in [-0.2, 0) is 20.7 Å². The van der Waals surface area contributed by atoms with E-state index in [0.717, 1.165) is 58.5 Å². The fraction of sp³-hybridized carbons (Fsp3) is 0.375. The quantitative estimate of drug-likeness (QED) is 0.178. The van der Waals surface area contributed by atoms with Gasteiger partial charge in [-0.15, -0.1) is 0 Å². The van der Waals surface area contributed by atoms with E-state index in [1.54, 1.807) is 0 Å². The van der Waals surface area contributed by atoms with E-state index in [1.807, 2.05) is 72.8 Å². The van der Waals surface area contributed by atoms with Gasteiger partial charge in [0.25, 0.3) is 5.91 Å². The van der Waals surface area contributed by atoms with Crippen molar-refractivity contribution in [2.45, 2.75) is 24.5 Å². The molecule has 3 aromatic rings. The minimum absolute atomic E-state index is 0.0732. The number of hydrazine groups is 1. The van der Waals surface area contributed by atoms with E-state index in [1.165, 1.54) is 0 Å². The molecule has 228 valence electrons. The normalized spacial score (nSPS) is 20.3. The molecule has 1 fully saturated rings. The molecule has 0 spiro atoms. The van der Waals surface area contributed by atoms with E-state index in [4.69, 9.17) is 24.3 Å². The Balaban J connectivity index is 1.46. The summed E-state index contributed by atoms with van der Waals surface area (Å²) in [4.78, 5) is 21.7. The Morgan fingerprint density at radius 1 is 1.05 bits per heavy atom. The van der Waals surface area contributed by atoms with E-state index in [0.29, 0.717) is 37.6 Å². The second kappa shape index (κ2) is 15.3. The van der Waals surface area contributed by atoms with Crippen LogP contribution in [0.2, 0.25) is 0 Å². The third kappa shape index (κ3) is 8.03. The maximum atomic E-state index is 14.3. The number of hydrogen-bond acceptors (Lipinski definition) is 8. The van der Waals surface area contributed by atoms with Crippen LogP contribution in [-0.4, -0.2) is 80.0 Å². The molecule has 5 rings (SSSR count). The van der Waals surface area contributed by atoms with Gasteiger partial charge in [-0.3, -0.25) is 15.1 Å². The fourth-order valence-corrected chi connectivity index (χ4v) is 5.91. The summed E-state index contributed by atoms with van der Waals surface area (Å²) < 4.78 is 19.5. The molecule has 2 atom stereocenters. The van der Waals surface area contributed by atoms with Gasteiger partial charge in [0.05, 0.1) is 19.8 Å². The third-order valence-electron chi connectivity index (χ3n) is 7.46. The molecule has 3 aromatic carbocycles. The monoisotopic (exact) mass is 714 g/mol. The van der Waals surface area contributed by atoms with Crippen LogP contribution in [0.1, 0.15) is 29.2 Å². The van der Waals surface area contributed by atoms with E-state index < -0.39 is 11.6 Å². The van der Waals surface area contributed by atoms with Crippen LogP contribution in [0.15, 0.2) is 86.7 Å². The van der Waals surface area contributed by atoms with Crippen molar-refractivity contribution in [3.05, 3.63) is 98.4 Å². The molecule has 2 aliphatic rings. The summed E-state index contributed by atoms with van der Waals surface area (Å²) in [6, 6.07) is 23.1. The van der Waals surface area contributed by atoms with Gasteiger partial charge in [0.2, 0.25) is 5.90 Å². The van der Waals surface area contributed by atoms with Gasteiger partial charge in [-0.1, -0.05) is 62.2 Å². The van der Waals surface area contributed by atoms with Crippen LogP contribution < -0.4 is 15.6 Å². The molecule has 9 nitrogen and oxygen atoms in total. The molecular weight excluding hydrogens is 680 g/mol. The Labute approximate surface area is 268 Å². The van der Waals surface area contributed by atoms with Crippen molar-refractivity contribution < 1.29 is 24.1 Å². The first-order valence-electron chi connectivity index (χ1n) is 14.4. The second-order valence-electron chi connectivity index (χ2n) is 10.4. The molecule has 0 radical (unpaired) electrons. The molecule has 0 aliphatic carbocycles. The summed E-state index contributed by atoms with van der Waals surface area (Å²) in [5, 5.41) is 9.05. The van der Waals surface area contributed by atoms with Crippen molar-refractivity contribution in [3.8, 4) is 5.75 Å². The lowest BCUT2D eigenvalue weighted by atomic mass is 9.82. The first-order chi connectivity index (χ1) is 21.0. The van der Waals surface area contributed by atoms with E-state index >= 15 is 0 Å². The number of aliphatic hydroxyl groups excluding tert-OH is 1. The third-order valence-corrected chi connectivity index (χ3v) is 8.71. The van der Waals surface area contributed by atoms with Gasteiger partial charge in [-0.25, -0.2) is 10.4 Å². The molecule has 11 heteroatoms. The highest BCUT2D eigenvalue weighted by Gasteiger charge is 2.54. The predicted octanol–water partition coefficient (Wildman–Crippen LogP) is 4.43. The number of hydrogen-bond donors (Lipinski definition) is 3.